The van der Waals surface area contributed by atoms with Crippen LogP contribution in [0, 0.1) is 17.2 Å². The number of nitrogens with one attached hydrogen (secondary N) is 1. The number of hydrogen-bond donors (Lipinski definition) is 3. The molecule has 28 heavy (non-hydrogen) atoms. The maximum absolute atomic E-state index is 12.4. The summed E-state index contributed by atoms with van der Waals surface area (Å²) in [4.78, 5) is 23.2. The predicted octanol–water partition coefficient (Wildman–Crippen LogP) is 4.59. The van der Waals surface area contributed by atoms with Crippen molar-refractivity contribution >= 4 is 33.7 Å². The average Bonchev–Trinajstić information content (AvgIpc) is 2.67. The largest absolute Gasteiger partial charge is 0.508 e. The van der Waals surface area contributed by atoms with E-state index < -0.39 is 24.1 Å². The molecule has 3 N–H and O–H groups in total. The topological polar surface area (TPSA) is 120 Å². The zero-order valence-electron chi connectivity index (χ0n) is 14.8. The number of hydrogen-bond acceptors (Lipinski definition) is 5. The molecule has 0 aliphatic heterocycles. The van der Waals surface area contributed by atoms with Crippen LogP contribution in [0.1, 0.15) is 24.2 Å². The van der Waals surface area contributed by atoms with Gasteiger partial charge in [-0.3, -0.25) is 5.32 Å². The number of phenolic OH excluding ortho intramolecular Hbond substituents is 1. The molecule has 144 valence electrons. The van der Waals surface area contributed by atoms with Crippen molar-refractivity contribution in [3.8, 4) is 11.8 Å². The minimum atomic E-state index is -1.13. The molecular weight excluding hydrogens is 428 g/mol. The van der Waals surface area contributed by atoms with Gasteiger partial charge in [-0.25, -0.2) is 9.59 Å². The van der Waals surface area contributed by atoms with Gasteiger partial charge in [-0.15, -0.1) is 0 Å². The summed E-state index contributed by atoms with van der Waals surface area (Å²) in [5.41, 5.74) is 1.20. The Balaban J connectivity index is 2.25. The molecule has 0 saturated carbocycles. The molecule has 0 aliphatic carbocycles. The monoisotopic (exact) mass is 444 g/mol. The van der Waals surface area contributed by atoms with Gasteiger partial charge in [0.05, 0.1) is 11.6 Å². The van der Waals surface area contributed by atoms with Crippen molar-refractivity contribution < 1.29 is 24.5 Å². The number of carboxylic acids is 1. The smallest absolute Gasteiger partial charge is 0.412 e. The molecule has 2 aromatic rings. The first-order valence-corrected chi connectivity index (χ1v) is 8.96. The van der Waals surface area contributed by atoms with Crippen molar-refractivity contribution in [1.82, 2.24) is 0 Å². The van der Waals surface area contributed by atoms with E-state index in [4.69, 9.17) is 15.1 Å². The molecule has 2 rings (SSSR count). The maximum Gasteiger partial charge on any atom is 0.412 e. The zero-order chi connectivity index (χ0) is 20.7. The van der Waals surface area contributed by atoms with Crippen molar-refractivity contribution in [2.45, 2.75) is 13.0 Å². The van der Waals surface area contributed by atoms with E-state index >= 15 is 0 Å². The lowest BCUT2D eigenvalue weighted by Crippen LogP contribution is -2.21. The van der Waals surface area contributed by atoms with E-state index in [1.165, 1.54) is 12.1 Å². The normalized spacial score (nSPS) is 12.8. The summed E-state index contributed by atoms with van der Waals surface area (Å²) in [5, 5.41) is 30.4. The van der Waals surface area contributed by atoms with Gasteiger partial charge < -0.3 is 14.9 Å². The molecule has 0 unspecified atom stereocenters. The van der Waals surface area contributed by atoms with Crippen molar-refractivity contribution in [2.75, 3.05) is 5.32 Å². The summed E-state index contributed by atoms with van der Waals surface area (Å²) in [6.07, 6.45) is 0.604. The molecule has 0 bridgehead atoms. The molecule has 2 atom stereocenters. The number of nitriles is 1. The Hall–Kier alpha value is -3.31. The second-order valence-electron chi connectivity index (χ2n) is 5.90. The van der Waals surface area contributed by atoms with E-state index in [1.807, 2.05) is 6.07 Å². The Morgan fingerprint density at radius 1 is 1.25 bits per heavy atom. The third-order valence-corrected chi connectivity index (χ3v) is 4.30. The minimum Gasteiger partial charge on any atom is -0.508 e. The summed E-state index contributed by atoms with van der Waals surface area (Å²) in [6, 6.07) is 12.9. The molecule has 0 heterocycles. The first-order chi connectivity index (χ1) is 13.3. The van der Waals surface area contributed by atoms with Crippen LogP contribution < -0.4 is 5.32 Å². The highest BCUT2D eigenvalue weighted by Gasteiger charge is 2.25. The summed E-state index contributed by atoms with van der Waals surface area (Å²) >= 11 is 3.30. The lowest BCUT2D eigenvalue weighted by Gasteiger charge is -2.23. The maximum atomic E-state index is 12.4. The van der Waals surface area contributed by atoms with E-state index in [-0.39, 0.29) is 5.75 Å². The van der Waals surface area contributed by atoms with Gasteiger partial charge in [0, 0.05) is 27.7 Å². The van der Waals surface area contributed by atoms with Crippen molar-refractivity contribution in [3.05, 3.63) is 70.2 Å². The van der Waals surface area contributed by atoms with Crippen molar-refractivity contribution in [2.24, 2.45) is 5.92 Å². The number of carboxylic acid groups (broad SMARTS) is 1. The number of nitrogens with zero attached hydrogens (tertiary/aromatic N) is 1. The molecule has 0 radical (unpaired) electrons. The molecular formula is C20H17BrN2O5. The first kappa shape index (κ1) is 21.0. The Kier molecular flexibility index (Phi) is 7.18. The predicted molar refractivity (Wildman–Crippen MR) is 106 cm³/mol. The number of carbonyl (C=O) groups excluding carboxylic acids is 1. The van der Waals surface area contributed by atoms with Crippen LogP contribution >= 0.6 is 15.9 Å². The second-order valence-corrected chi connectivity index (χ2v) is 6.82. The van der Waals surface area contributed by atoms with Crippen LogP contribution in [-0.4, -0.2) is 22.3 Å². The van der Waals surface area contributed by atoms with Gasteiger partial charge in [0.2, 0.25) is 0 Å². The van der Waals surface area contributed by atoms with Crippen LogP contribution in [0.2, 0.25) is 0 Å². The fraction of sp³-hybridized carbons (Fsp3) is 0.150. The Morgan fingerprint density at radius 3 is 2.54 bits per heavy atom. The Labute approximate surface area is 170 Å². The number of phenols is 1. The van der Waals surface area contributed by atoms with E-state index in [1.54, 1.807) is 43.3 Å². The standard InChI is InChI=1S/C20H17BrN2O5/c1-12(2-9-18(25)26)19(16-10-14(21)5-8-17(16)24)28-20(27)23-15-6-3-13(11-22)4-7-15/h2-10,12,19,24H,1H3,(H,23,27)(H,25,26)/b9-2+/t12-,19+/m1/s1. The molecule has 0 aromatic heterocycles. The highest BCUT2D eigenvalue weighted by molar-refractivity contribution is 9.10. The van der Waals surface area contributed by atoms with Crippen LogP contribution in [0.3, 0.4) is 0 Å². The highest BCUT2D eigenvalue weighted by atomic mass is 79.9. The number of aromatic hydroxyl groups is 1. The van der Waals surface area contributed by atoms with Gasteiger partial charge in [0.15, 0.2) is 0 Å². The SMILES string of the molecule is C[C@H](/C=C/C(=O)O)[C@H](OC(=O)Nc1ccc(C#N)cc1)c1cc(Br)ccc1O. The highest BCUT2D eigenvalue weighted by Crippen LogP contribution is 2.35. The van der Waals surface area contributed by atoms with Crippen LogP contribution in [0.25, 0.3) is 0 Å². The molecule has 1 amide bonds. The molecule has 0 saturated heterocycles. The number of halogens is 1. The van der Waals surface area contributed by atoms with Crippen molar-refractivity contribution in [1.29, 1.82) is 5.26 Å². The van der Waals surface area contributed by atoms with Crippen molar-refractivity contribution in [3.63, 3.8) is 0 Å². The van der Waals surface area contributed by atoms with Gasteiger partial charge in [0.25, 0.3) is 0 Å². The fourth-order valence-corrected chi connectivity index (χ4v) is 2.81. The molecule has 0 spiro atoms. The fourth-order valence-electron chi connectivity index (χ4n) is 2.43. The molecule has 0 aliphatic rings. The summed E-state index contributed by atoms with van der Waals surface area (Å²) < 4.78 is 6.15. The number of ether oxygens (including phenoxy) is 1. The van der Waals surface area contributed by atoms with Gasteiger partial charge in [0.1, 0.15) is 11.9 Å². The van der Waals surface area contributed by atoms with Gasteiger partial charge in [-0.05, 0) is 42.5 Å². The van der Waals surface area contributed by atoms with E-state index in [9.17, 15) is 14.7 Å². The summed E-state index contributed by atoms with van der Waals surface area (Å²) in [7, 11) is 0. The lowest BCUT2D eigenvalue weighted by molar-refractivity contribution is -0.131. The molecule has 0 fully saturated rings. The Morgan fingerprint density at radius 2 is 1.93 bits per heavy atom. The van der Waals surface area contributed by atoms with Crippen LogP contribution in [0.5, 0.6) is 5.75 Å². The summed E-state index contributed by atoms with van der Waals surface area (Å²) in [6.45, 7) is 1.67. The molecule has 7 nitrogen and oxygen atoms in total. The summed E-state index contributed by atoms with van der Waals surface area (Å²) in [5.74, 6) is -1.76. The van der Waals surface area contributed by atoms with E-state index in [0.717, 1.165) is 6.08 Å². The van der Waals surface area contributed by atoms with Gasteiger partial charge in [-0.2, -0.15) is 5.26 Å². The number of amides is 1. The lowest BCUT2D eigenvalue weighted by atomic mass is 9.96. The van der Waals surface area contributed by atoms with Crippen LogP contribution in [0.4, 0.5) is 10.5 Å². The van der Waals surface area contributed by atoms with Gasteiger partial charge in [-0.1, -0.05) is 28.9 Å². The number of rotatable bonds is 6. The second kappa shape index (κ2) is 9.58. The third-order valence-electron chi connectivity index (χ3n) is 3.81. The average molecular weight is 445 g/mol. The molecule has 2 aromatic carbocycles. The number of aliphatic carboxylic acids is 1. The van der Waals surface area contributed by atoms with Crippen LogP contribution in [-0.2, 0) is 9.53 Å². The number of anilines is 1. The van der Waals surface area contributed by atoms with Gasteiger partial charge >= 0.3 is 12.1 Å². The minimum absolute atomic E-state index is 0.0880. The first-order valence-electron chi connectivity index (χ1n) is 8.17. The van der Waals surface area contributed by atoms with E-state index in [2.05, 4.69) is 21.2 Å². The molecule has 8 heteroatoms. The number of carbonyl (C=O) groups is 2. The third kappa shape index (κ3) is 5.86. The zero-order valence-corrected chi connectivity index (χ0v) is 16.4. The van der Waals surface area contributed by atoms with Crippen LogP contribution in [0.15, 0.2) is 59.1 Å². The quantitative estimate of drug-likeness (QED) is 0.560. The Bertz CT molecular complexity index is 935. The van der Waals surface area contributed by atoms with E-state index in [0.29, 0.717) is 21.3 Å². The number of benzene rings is 2.